The van der Waals surface area contributed by atoms with Gasteiger partial charge in [0.25, 0.3) is 0 Å². The number of aryl methyl sites for hydroxylation is 1. The molecule has 2 rings (SSSR count). The highest BCUT2D eigenvalue weighted by Crippen LogP contribution is 2.28. The molecular weight excluding hydrogens is 309 g/mol. The van der Waals surface area contributed by atoms with Gasteiger partial charge in [0.15, 0.2) is 0 Å². The Morgan fingerprint density at radius 3 is 2.38 bits per heavy atom. The average molecular weight is 331 g/mol. The molecule has 0 unspecified atom stereocenters. The van der Waals surface area contributed by atoms with Crippen LogP contribution in [0.4, 0.5) is 4.39 Å². The Kier molecular flexibility index (Phi) is 6.18. The molecule has 0 fully saturated rings. The van der Waals surface area contributed by atoms with Gasteiger partial charge >= 0.3 is 0 Å². The standard InChI is InChI=1S/C19H22FNO3/c1-13-10-18(24-3)15(12-17(13)23-2)8-9-21-19(22)11-14-4-6-16(20)7-5-14/h4-7,10,12H,8-9,11H2,1-3H3,(H,21,22). The van der Waals surface area contributed by atoms with Crippen molar-refractivity contribution in [1.82, 2.24) is 5.32 Å². The number of carbonyl (C=O) groups excluding carboxylic acids is 1. The first-order valence-corrected chi connectivity index (χ1v) is 7.76. The Morgan fingerprint density at radius 2 is 1.75 bits per heavy atom. The summed E-state index contributed by atoms with van der Waals surface area (Å²) >= 11 is 0. The van der Waals surface area contributed by atoms with Gasteiger partial charge in [-0.1, -0.05) is 12.1 Å². The Hall–Kier alpha value is -2.56. The molecule has 0 saturated heterocycles. The summed E-state index contributed by atoms with van der Waals surface area (Å²) in [5.41, 5.74) is 2.75. The summed E-state index contributed by atoms with van der Waals surface area (Å²) in [6.07, 6.45) is 0.865. The highest BCUT2D eigenvalue weighted by atomic mass is 19.1. The van der Waals surface area contributed by atoms with Crippen LogP contribution < -0.4 is 14.8 Å². The van der Waals surface area contributed by atoms with Crippen molar-refractivity contribution >= 4 is 5.91 Å². The number of methoxy groups -OCH3 is 2. The number of rotatable bonds is 7. The number of carbonyl (C=O) groups is 1. The lowest BCUT2D eigenvalue weighted by atomic mass is 10.1. The molecule has 2 aromatic rings. The largest absolute Gasteiger partial charge is 0.496 e. The second-order valence-electron chi connectivity index (χ2n) is 5.54. The second-order valence-corrected chi connectivity index (χ2v) is 5.54. The molecule has 0 aromatic heterocycles. The zero-order valence-electron chi connectivity index (χ0n) is 14.2. The van der Waals surface area contributed by atoms with E-state index in [1.807, 2.05) is 19.1 Å². The van der Waals surface area contributed by atoms with E-state index in [1.54, 1.807) is 26.4 Å². The zero-order valence-corrected chi connectivity index (χ0v) is 14.2. The number of nitrogens with one attached hydrogen (secondary N) is 1. The monoisotopic (exact) mass is 331 g/mol. The molecule has 1 amide bonds. The summed E-state index contributed by atoms with van der Waals surface area (Å²) in [7, 11) is 3.25. The Labute approximate surface area is 141 Å². The molecular formula is C19H22FNO3. The smallest absolute Gasteiger partial charge is 0.224 e. The zero-order chi connectivity index (χ0) is 17.5. The third-order valence-electron chi connectivity index (χ3n) is 3.79. The second kappa shape index (κ2) is 8.34. The van der Waals surface area contributed by atoms with Crippen molar-refractivity contribution in [3.63, 3.8) is 0 Å². The first kappa shape index (κ1) is 17.8. The van der Waals surface area contributed by atoms with Crippen LogP contribution in [0.2, 0.25) is 0 Å². The minimum atomic E-state index is -0.306. The van der Waals surface area contributed by atoms with E-state index in [-0.39, 0.29) is 18.1 Å². The van der Waals surface area contributed by atoms with Crippen molar-refractivity contribution in [1.29, 1.82) is 0 Å². The van der Waals surface area contributed by atoms with Crippen LogP contribution in [-0.4, -0.2) is 26.7 Å². The van der Waals surface area contributed by atoms with Gasteiger partial charge in [0, 0.05) is 6.54 Å². The van der Waals surface area contributed by atoms with E-state index in [0.717, 1.165) is 28.2 Å². The van der Waals surface area contributed by atoms with Crippen molar-refractivity contribution in [3.8, 4) is 11.5 Å². The Morgan fingerprint density at radius 1 is 1.08 bits per heavy atom. The molecule has 1 N–H and O–H groups in total. The maximum absolute atomic E-state index is 12.9. The molecule has 0 spiro atoms. The molecule has 0 saturated carbocycles. The highest BCUT2D eigenvalue weighted by Gasteiger charge is 2.09. The van der Waals surface area contributed by atoms with Crippen LogP contribution in [0, 0.1) is 12.7 Å². The Balaban J connectivity index is 1.91. The topological polar surface area (TPSA) is 47.6 Å². The van der Waals surface area contributed by atoms with Gasteiger partial charge in [-0.05, 0) is 54.3 Å². The number of halogens is 1. The molecule has 128 valence electrons. The lowest BCUT2D eigenvalue weighted by Crippen LogP contribution is -2.27. The van der Waals surface area contributed by atoms with Gasteiger partial charge < -0.3 is 14.8 Å². The molecule has 0 bridgehead atoms. The minimum Gasteiger partial charge on any atom is -0.496 e. The summed E-state index contributed by atoms with van der Waals surface area (Å²) < 4.78 is 23.6. The predicted octanol–water partition coefficient (Wildman–Crippen LogP) is 3.05. The van der Waals surface area contributed by atoms with Crippen LogP contribution in [-0.2, 0) is 17.6 Å². The molecule has 5 heteroatoms. The number of benzene rings is 2. The van der Waals surface area contributed by atoms with E-state index >= 15 is 0 Å². The predicted molar refractivity (Wildman–Crippen MR) is 91.1 cm³/mol. The van der Waals surface area contributed by atoms with Gasteiger partial charge in [-0.15, -0.1) is 0 Å². The molecule has 0 aliphatic rings. The van der Waals surface area contributed by atoms with E-state index in [2.05, 4.69) is 5.32 Å². The SMILES string of the molecule is COc1cc(CCNC(=O)Cc2ccc(F)cc2)c(OC)cc1C. The third kappa shape index (κ3) is 4.72. The normalized spacial score (nSPS) is 10.3. The first-order chi connectivity index (χ1) is 11.5. The van der Waals surface area contributed by atoms with E-state index in [0.29, 0.717) is 13.0 Å². The molecule has 24 heavy (non-hydrogen) atoms. The molecule has 2 aromatic carbocycles. The number of hydrogen-bond donors (Lipinski definition) is 1. The van der Waals surface area contributed by atoms with Crippen molar-refractivity contribution in [2.75, 3.05) is 20.8 Å². The van der Waals surface area contributed by atoms with Crippen molar-refractivity contribution < 1.29 is 18.7 Å². The average Bonchev–Trinajstić information content (AvgIpc) is 2.57. The minimum absolute atomic E-state index is 0.0975. The van der Waals surface area contributed by atoms with Gasteiger partial charge in [0.2, 0.25) is 5.91 Å². The summed E-state index contributed by atoms with van der Waals surface area (Å²) in [5, 5.41) is 2.87. The lowest BCUT2D eigenvalue weighted by molar-refractivity contribution is -0.120. The van der Waals surface area contributed by atoms with Gasteiger partial charge in [-0.2, -0.15) is 0 Å². The molecule has 0 aliphatic heterocycles. The van der Waals surface area contributed by atoms with Crippen LogP contribution in [0.25, 0.3) is 0 Å². The van der Waals surface area contributed by atoms with Gasteiger partial charge in [-0.25, -0.2) is 4.39 Å². The fourth-order valence-corrected chi connectivity index (χ4v) is 2.50. The van der Waals surface area contributed by atoms with Gasteiger partial charge in [0.1, 0.15) is 17.3 Å². The van der Waals surface area contributed by atoms with Crippen molar-refractivity contribution in [3.05, 3.63) is 58.9 Å². The lowest BCUT2D eigenvalue weighted by Gasteiger charge is -2.13. The van der Waals surface area contributed by atoms with Gasteiger partial charge in [0.05, 0.1) is 20.6 Å². The maximum Gasteiger partial charge on any atom is 0.224 e. The summed E-state index contributed by atoms with van der Waals surface area (Å²) in [6.45, 7) is 2.44. The maximum atomic E-state index is 12.9. The van der Waals surface area contributed by atoms with E-state index in [9.17, 15) is 9.18 Å². The number of ether oxygens (including phenoxy) is 2. The van der Waals surface area contributed by atoms with E-state index in [1.165, 1.54) is 12.1 Å². The number of hydrogen-bond acceptors (Lipinski definition) is 3. The van der Waals surface area contributed by atoms with Crippen LogP contribution in [0.15, 0.2) is 36.4 Å². The quantitative estimate of drug-likeness (QED) is 0.848. The fraction of sp³-hybridized carbons (Fsp3) is 0.316. The van der Waals surface area contributed by atoms with Crippen molar-refractivity contribution in [2.24, 2.45) is 0 Å². The fourth-order valence-electron chi connectivity index (χ4n) is 2.50. The third-order valence-corrected chi connectivity index (χ3v) is 3.79. The molecule has 0 aliphatic carbocycles. The molecule has 0 radical (unpaired) electrons. The summed E-state index contributed by atoms with van der Waals surface area (Å²) in [5.74, 6) is 1.17. The number of amides is 1. The molecule has 4 nitrogen and oxygen atoms in total. The summed E-state index contributed by atoms with van der Waals surface area (Å²) in [6, 6.07) is 9.79. The van der Waals surface area contributed by atoms with Gasteiger partial charge in [-0.3, -0.25) is 4.79 Å². The van der Waals surface area contributed by atoms with Crippen LogP contribution in [0.1, 0.15) is 16.7 Å². The highest BCUT2D eigenvalue weighted by molar-refractivity contribution is 5.78. The molecule has 0 heterocycles. The summed E-state index contributed by atoms with van der Waals surface area (Å²) in [4.78, 5) is 12.0. The van der Waals surface area contributed by atoms with Crippen LogP contribution in [0.5, 0.6) is 11.5 Å². The van der Waals surface area contributed by atoms with Crippen LogP contribution in [0.3, 0.4) is 0 Å². The van der Waals surface area contributed by atoms with Crippen LogP contribution >= 0.6 is 0 Å². The Bertz CT molecular complexity index is 699. The van der Waals surface area contributed by atoms with Crippen molar-refractivity contribution in [2.45, 2.75) is 19.8 Å². The first-order valence-electron chi connectivity index (χ1n) is 7.76. The van der Waals surface area contributed by atoms with E-state index < -0.39 is 0 Å². The van der Waals surface area contributed by atoms with E-state index in [4.69, 9.17) is 9.47 Å². The molecule has 0 atom stereocenters.